The highest BCUT2D eigenvalue weighted by atomic mass is 127. The summed E-state index contributed by atoms with van der Waals surface area (Å²) < 4.78 is 3.35. The number of halogens is 2. The molecule has 1 heterocycles. The van der Waals surface area contributed by atoms with Crippen LogP contribution < -0.4 is 0 Å². The number of aliphatic hydroxyl groups excluding tert-OH is 1. The van der Waals surface area contributed by atoms with E-state index in [2.05, 4.69) is 44.6 Å². The Bertz CT molecular complexity index is 738. The molecule has 0 amide bonds. The van der Waals surface area contributed by atoms with Crippen molar-refractivity contribution in [3.8, 4) is 0 Å². The lowest BCUT2D eigenvalue weighted by atomic mass is 10.0. The minimum absolute atomic E-state index is 0.573. The van der Waals surface area contributed by atoms with Gasteiger partial charge < -0.3 is 5.11 Å². The Morgan fingerprint density at radius 2 is 1.84 bits per heavy atom. The number of rotatable bonds is 2. The van der Waals surface area contributed by atoms with E-state index in [0.29, 0.717) is 0 Å². The van der Waals surface area contributed by atoms with Gasteiger partial charge in [-0.3, -0.25) is 0 Å². The highest BCUT2D eigenvalue weighted by Crippen LogP contribution is 2.37. The van der Waals surface area contributed by atoms with Gasteiger partial charge in [-0.2, -0.15) is 0 Å². The second-order valence-corrected chi connectivity index (χ2v) is 7.13. The molecule has 0 aliphatic rings. The van der Waals surface area contributed by atoms with Crippen LogP contribution in [0.5, 0.6) is 0 Å². The zero-order chi connectivity index (χ0) is 13.4. The topological polar surface area (TPSA) is 20.2 Å². The van der Waals surface area contributed by atoms with Gasteiger partial charge in [0.05, 0.1) is 0 Å². The van der Waals surface area contributed by atoms with Crippen LogP contribution in [0.25, 0.3) is 10.1 Å². The third kappa shape index (κ3) is 2.46. The first kappa shape index (κ1) is 13.5. The van der Waals surface area contributed by atoms with Crippen LogP contribution in [0, 0.1) is 3.57 Å². The molecule has 0 aliphatic carbocycles. The first-order valence-electron chi connectivity index (χ1n) is 5.76. The maximum atomic E-state index is 10.6. The Morgan fingerprint density at radius 3 is 2.63 bits per heavy atom. The van der Waals surface area contributed by atoms with E-state index < -0.39 is 6.10 Å². The van der Waals surface area contributed by atoms with Crippen molar-refractivity contribution >= 4 is 59.9 Å². The van der Waals surface area contributed by atoms with Crippen molar-refractivity contribution in [3.05, 3.63) is 67.0 Å². The van der Waals surface area contributed by atoms with Gasteiger partial charge in [-0.25, -0.2) is 0 Å². The van der Waals surface area contributed by atoms with Crippen molar-refractivity contribution in [2.45, 2.75) is 6.10 Å². The minimum Gasteiger partial charge on any atom is -0.384 e. The Morgan fingerprint density at radius 1 is 1.05 bits per heavy atom. The lowest BCUT2D eigenvalue weighted by molar-refractivity contribution is 0.221. The number of aliphatic hydroxyl groups is 1. The van der Waals surface area contributed by atoms with Gasteiger partial charge in [-0.1, -0.05) is 30.3 Å². The van der Waals surface area contributed by atoms with Gasteiger partial charge in [-0.15, -0.1) is 11.3 Å². The van der Waals surface area contributed by atoms with E-state index in [9.17, 15) is 5.11 Å². The molecular formula is C15H10BrIOS. The summed E-state index contributed by atoms with van der Waals surface area (Å²) in [5, 5.41) is 13.8. The highest BCUT2D eigenvalue weighted by Gasteiger charge is 2.17. The molecule has 0 aliphatic heterocycles. The molecule has 1 nitrogen and oxygen atoms in total. The molecule has 1 unspecified atom stereocenters. The predicted octanol–water partition coefficient (Wildman–Crippen LogP) is 5.35. The molecule has 1 atom stereocenters. The molecule has 19 heavy (non-hydrogen) atoms. The summed E-state index contributed by atoms with van der Waals surface area (Å²) in [6.07, 6.45) is -0.573. The molecule has 3 rings (SSSR count). The monoisotopic (exact) mass is 444 g/mol. The first-order valence-corrected chi connectivity index (χ1v) is 8.51. The second-order valence-electron chi connectivity index (χ2n) is 4.23. The summed E-state index contributed by atoms with van der Waals surface area (Å²) in [6, 6.07) is 14.0. The fourth-order valence-electron chi connectivity index (χ4n) is 2.12. The molecule has 1 N–H and O–H groups in total. The van der Waals surface area contributed by atoms with Crippen LogP contribution in [-0.4, -0.2) is 5.11 Å². The third-order valence-corrected chi connectivity index (χ3v) is 6.03. The fraction of sp³-hybridized carbons (Fsp3) is 0.0667. The van der Waals surface area contributed by atoms with Crippen molar-refractivity contribution in [2.24, 2.45) is 0 Å². The van der Waals surface area contributed by atoms with Crippen molar-refractivity contribution in [1.82, 2.24) is 0 Å². The normalized spacial score (nSPS) is 12.8. The molecule has 0 saturated heterocycles. The first-order chi connectivity index (χ1) is 9.18. The average molecular weight is 445 g/mol. The lowest BCUT2D eigenvalue weighted by Gasteiger charge is -2.12. The van der Waals surface area contributed by atoms with Crippen LogP contribution >= 0.6 is 49.9 Å². The molecule has 0 spiro atoms. The van der Waals surface area contributed by atoms with Crippen LogP contribution in [0.3, 0.4) is 0 Å². The Labute approximate surface area is 137 Å². The van der Waals surface area contributed by atoms with Gasteiger partial charge in [0.15, 0.2) is 0 Å². The minimum atomic E-state index is -0.573. The zero-order valence-corrected chi connectivity index (χ0v) is 14.4. The summed E-state index contributed by atoms with van der Waals surface area (Å²) in [7, 11) is 0. The molecule has 2 aromatic carbocycles. The van der Waals surface area contributed by atoms with Gasteiger partial charge in [0, 0.05) is 18.3 Å². The number of fused-ring (bicyclic) bond motifs is 1. The van der Waals surface area contributed by atoms with E-state index in [1.54, 1.807) is 11.3 Å². The van der Waals surface area contributed by atoms with Crippen LogP contribution in [0.1, 0.15) is 17.2 Å². The summed E-state index contributed by atoms with van der Waals surface area (Å²) in [5.41, 5.74) is 1.94. The molecule has 0 radical (unpaired) electrons. The van der Waals surface area contributed by atoms with E-state index in [-0.39, 0.29) is 0 Å². The largest absolute Gasteiger partial charge is 0.384 e. The van der Waals surface area contributed by atoms with Gasteiger partial charge in [0.25, 0.3) is 0 Å². The summed E-state index contributed by atoms with van der Waals surface area (Å²) in [4.78, 5) is 0. The fourth-order valence-corrected chi connectivity index (χ4v) is 4.44. The molecule has 1 aromatic heterocycles. The zero-order valence-electron chi connectivity index (χ0n) is 9.81. The van der Waals surface area contributed by atoms with Crippen LogP contribution in [0.2, 0.25) is 0 Å². The molecule has 0 saturated carbocycles. The van der Waals surface area contributed by atoms with Gasteiger partial charge in [0.1, 0.15) is 6.10 Å². The van der Waals surface area contributed by atoms with Crippen LogP contribution in [-0.2, 0) is 0 Å². The van der Waals surface area contributed by atoms with Crippen molar-refractivity contribution in [3.63, 3.8) is 0 Å². The van der Waals surface area contributed by atoms with Gasteiger partial charge in [-0.05, 0) is 67.0 Å². The second kappa shape index (κ2) is 5.52. The summed E-state index contributed by atoms with van der Waals surface area (Å²) in [6.45, 7) is 0. The number of thiophene rings is 1. The van der Waals surface area contributed by atoms with Crippen molar-refractivity contribution in [1.29, 1.82) is 0 Å². The Kier molecular flexibility index (Phi) is 3.93. The molecule has 4 heteroatoms. The number of benzene rings is 2. The quantitative estimate of drug-likeness (QED) is 0.528. The number of hydrogen-bond donors (Lipinski definition) is 1. The Balaban J connectivity index is 2.15. The molecule has 0 fully saturated rings. The molecular weight excluding hydrogens is 435 g/mol. The average Bonchev–Trinajstić information content (AvgIpc) is 2.84. The summed E-state index contributed by atoms with van der Waals surface area (Å²) >= 11 is 7.48. The predicted molar refractivity (Wildman–Crippen MR) is 92.7 cm³/mol. The van der Waals surface area contributed by atoms with E-state index in [4.69, 9.17) is 0 Å². The lowest BCUT2D eigenvalue weighted by Crippen LogP contribution is -2.00. The SMILES string of the molecule is OC(c1ccccc1I)c1csc2c(Br)cccc12. The Hall–Kier alpha value is -0.430. The van der Waals surface area contributed by atoms with Crippen molar-refractivity contribution in [2.75, 3.05) is 0 Å². The van der Waals surface area contributed by atoms with Crippen LogP contribution in [0.15, 0.2) is 52.3 Å². The summed E-state index contributed by atoms with van der Waals surface area (Å²) in [5.74, 6) is 0. The van der Waals surface area contributed by atoms with Gasteiger partial charge in [0.2, 0.25) is 0 Å². The van der Waals surface area contributed by atoms with Crippen LogP contribution in [0.4, 0.5) is 0 Å². The van der Waals surface area contributed by atoms with Gasteiger partial charge >= 0.3 is 0 Å². The van der Waals surface area contributed by atoms with E-state index in [0.717, 1.165) is 24.6 Å². The maximum Gasteiger partial charge on any atom is 0.106 e. The smallest absolute Gasteiger partial charge is 0.106 e. The van der Waals surface area contributed by atoms with E-state index in [1.165, 1.54) is 4.70 Å². The van der Waals surface area contributed by atoms with E-state index >= 15 is 0 Å². The van der Waals surface area contributed by atoms with E-state index in [1.807, 2.05) is 41.8 Å². The number of hydrogen-bond acceptors (Lipinski definition) is 2. The third-order valence-electron chi connectivity index (χ3n) is 3.08. The maximum absolute atomic E-state index is 10.6. The van der Waals surface area contributed by atoms with Crippen molar-refractivity contribution < 1.29 is 5.11 Å². The molecule has 3 aromatic rings. The molecule has 0 bridgehead atoms. The standard InChI is InChI=1S/C15H10BrIOS/c16-12-6-3-5-9-11(8-19-15(9)12)14(18)10-4-1-2-7-13(10)17/h1-8,14,18H. The molecule has 96 valence electrons. The highest BCUT2D eigenvalue weighted by molar-refractivity contribution is 14.1.